The summed E-state index contributed by atoms with van der Waals surface area (Å²) >= 11 is 0. The van der Waals surface area contributed by atoms with Crippen LogP contribution >= 0.6 is 0 Å². The molecule has 0 spiro atoms. The van der Waals surface area contributed by atoms with E-state index < -0.39 is 67.4 Å². The number of hydrogen-bond donors (Lipinski definition) is 6. The SMILES string of the molecule is CC/C=C/C=C/C=C\C=C/C=C/CCC(O)C(=O)NC(COC1OC(CO)C(O)C(O)C1OC(=O)CCCCCCCCCCCCCCCCC/C=C/CCCCCCCC)C(O)/C=C/CCCCCCCCCCCCC. The summed E-state index contributed by atoms with van der Waals surface area (Å²) in [6.07, 6.45) is 62.3. The number of aliphatic hydroxyl groups is 5. The van der Waals surface area contributed by atoms with Crippen LogP contribution in [-0.2, 0) is 23.8 Å². The molecule has 1 amide bonds. The number of nitrogens with one attached hydrogen (secondary N) is 1. The van der Waals surface area contributed by atoms with E-state index in [0.29, 0.717) is 12.8 Å². The maximum atomic E-state index is 13.4. The summed E-state index contributed by atoms with van der Waals surface area (Å²) in [6.45, 7) is 5.60. The summed E-state index contributed by atoms with van der Waals surface area (Å²) < 4.78 is 17.6. The fourth-order valence-electron chi connectivity index (χ4n) is 9.79. The zero-order chi connectivity index (χ0) is 57.5. The van der Waals surface area contributed by atoms with Crippen LogP contribution in [0.1, 0.15) is 271 Å². The summed E-state index contributed by atoms with van der Waals surface area (Å²) in [5, 5.41) is 56.8. The van der Waals surface area contributed by atoms with Crippen LogP contribution in [0.2, 0.25) is 0 Å². The first kappa shape index (κ1) is 73.9. The Labute approximate surface area is 483 Å². The van der Waals surface area contributed by atoms with Crippen molar-refractivity contribution in [3.05, 3.63) is 85.1 Å². The molecule has 0 aromatic heterocycles. The number of carbonyl (C=O) groups excluding carboxylic acids is 2. The van der Waals surface area contributed by atoms with Crippen molar-refractivity contribution in [1.82, 2.24) is 5.32 Å². The molecule has 0 saturated carbocycles. The van der Waals surface area contributed by atoms with E-state index in [4.69, 9.17) is 14.2 Å². The molecule has 0 aromatic rings. The molecule has 6 N–H and O–H groups in total. The second-order valence-electron chi connectivity index (χ2n) is 22.2. The van der Waals surface area contributed by atoms with Crippen LogP contribution in [-0.4, -0.2) is 99.6 Å². The zero-order valence-electron chi connectivity index (χ0n) is 50.5. The predicted octanol–water partition coefficient (Wildman–Crippen LogP) is 15.7. The Kier molecular flexibility index (Phi) is 51.8. The van der Waals surface area contributed by atoms with Gasteiger partial charge < -0.3 is 45.1 Å². The van der Waals surface area contributed by atoms with Crippen molar-refractivity contribution in [3.8, 4) is 0 Å². The second-order valence-corrected chi connectivity index (χ2v) is 22.2. The highest BCUT2D eigenvalue weighted by molar-refractivity contribution is 5.80. The van der Waals surface area contributed by atoms with Crippen molar-refractivity contribution in [1.29, 1.82) is 0 Å². The minimum absolute atomic E-state index is 0.113. The Balaban J connectivity index is 2.61. The second kappa shape index (κ2) is 55.4. The highest BCUT2D eigenvalue weighted by Crippen LogP contribution is 2.26. The lowest BCUT2D eigenvalue weighted by Crippen LogP contribution is -2.61. The third-order valence-electron chi connectivity index (χ3n) is 14.9. The van der Waals surface area contributed by atoms with Gasteiger partial charge in [-0.2, -0.15) is 0 Å². The molecule has 0 aliphatic carbocycles. The molecule has 79 heavy (non-hydrogen) atoms. The Morgan fingerprint density at radius 3 is 1.38 bits per heavy atom. The van der Waals surface area contributed by atoms with Crippen LogP contribution in [0.15, 0.2) is 85.1 Å². The van der Waals surface area contributed by atoms with E-state index in [1.165, 1.54) is 173 Å². The monoisotopic (exact) mass is 1110 g/mol. The van der Waals surface area contributed by atoms with Gasteiger partial charge in [-0.25, -0.2) is 0 Å². The smallest absolute Gasteiger partial charge is 0.306 e. The van der Waals surface area contributed by atoms with E-state index in [1.807, 2.05) is 60.8 Å². The van der Waals surface area contributed by atoms with Crippen LogP contribution < -0.4 is 5.32 Å². The standard InChI is InChI=1S/C68H119NO10/c1-4-7-10-13-16-19-22-25-26-27-28-29-30-31-32-33-34-35-36-38-41-44-47-50-53-56-63(73)79-66-65(75)64(74)62(57-70)78-68(66)77-58-59(60(71)54-51-48-45-42-40-37-23-20-17-14-11-8-5-2)69-67(76)61(72)55-52-49-46-43-39-24-21-18-15-12-9-6-3/h9,12,15,18,21,24-26,39,43,46,49,51,54,59-62,64-66,68,70-72,74-75H,4-8,10-11,13-14,16-17,19-20,22-23,27-38,40-42,44-45,47-48,50,52-53,55-58H2,1-3H3,(H,69,76)/b12-9+,18-15+,24-21-,26-25+,43-39-,49-46+,54-51+. The third kappa shape index (κ3) is 43.2. The maximum absolute atomic E-state index is 13.4. The molecule has 1 aliphatic heterocycles. The summed E-state index contributed by atoms with van der Waals surface area (Å²) in [7, 11) is 0. The molecule has 0 aromatic carbocycles. The van der Waals surface area contributed by atoms with Gasteiger partial charge in [0, 0.05) is 6.42 Å². The summed E-state index contributed by atoms with van der Waals surface area (Å²) in [4.78, 5) is 26.5. The first-order valence-electron chi connectivity index (χ1n) is 32.4. The average Bonchev–Trinajstić information content (AvgIpc) is 3.51. The summed E-state index contributed by atoms with van der Waals surface area (Å²) in [5.41, 5.74) is 0. The van der Waals surface area contributed by atoms with Gasteiger partial charge in [0.25, 0.3) is 0 Å². The van der Waals surface area contributed by atoms with Crippen molar-refractivity contribution in [3.63, 3.8) is 0 Å². The first-order valence-corrected chi connectivity index (χ1v) is 32.4. The topological polar surface area (TPSA) is 175 Å². The lowest BCUT2D eigenvalue weighted by atomic mass is 9.99. The van der Waals surface area contributed by atoms with Crippen molar-refractivity contribution in [2.75, 3.05) is 13.2 Å². The van der Waals surface area contributed by atoms with Crippen LogP contribution in [0.4, 0.5) is 0 Å². The van der Waals surface area contributed by atoms with Gasteiger partial charge in [-0.15, -0.1) is 0 Å². The molecule has 1 aliphatic rings. The molecule has 0 bridgehead atoms. The fraction of sp³-hybridized carbons (Fsp3) is 0.765. The van der Waals surface area contributed by atoms with Crippen LogP contribution in [0.5, 0.6) is 0 Å². The van der Waals surface area contributed by atoms with Gasteiger partial charge in [0.15, 0.2) is 12.4 Å². The molecule has 0 radical (unpaired) electrons. The van der Waals surface area contributed by atoms with Crippen molar-refractivity contribution < 1.29 is 49.3 Å². The Morgan fingerprint density at radius 2 is 0.924 bits per heavy atom. The number of esters is 1. The van der Waals surface area contributed by atoms with Gasteiger partial charge in [-0.1, -0.05) is 286 Å². The average molecular weight is 1110 g/mol. The number of carbonyl (C=O) groups is 2. The quantitative estimate of drug-likeness (QED) is 0.0149. The molecule has 1 heterocycles. The lowest BCUT2D eigenvalue weighted by molar-refractivity contribution is -0.305. The van der Waals surface area contributed by atoms with Gasteiger partial charge in [0.05, 0.1) is 25.4 Å². The molecule has 11 heteroatoms. The van der Waals surface area contributed by atoms with E-state index >= 15 is 0 Å². The Bertz CT molecular complexity index is 1610. The van der Waals surface area contributed by atoms with Crippen LogP contribution in [0.3, 0.4) is 0 Å². The number of rotatable bonds is 54. The van der Waals surface area contributed by atoms with Crippen molar-refractivity contribution in [2.45, 2.75) is 320 Å². The minimum atomic E-state index is -1.63. The molecule has 8 atom stereocenters. The molecule has 8 unspecified atom stereocenters. The largest absolute Gasteiger partial charge is 0.454 e. The molecular weight excluding hydrogens is 991 g/mol. The molecule has 1 fully saturated rings. The van der Waals surface area contributed by atoms with Crippen LogP contribution in [0, 0.1) is 0 Å². The maximum Gasteiger partial charge on any atom is 0.306 e. The Hall–Kier alpha value is -3.16. The fourth-order valence-corrected chi connectivity index (χ4v) is 9.79. The number of unbranched alkanes of at least 4 members (excludes halogenated alkanes) is 32. The molecule has 456 valence electrons. The van der Waals surface area contributed by atoms with Gasteiger partial charge in [0.2, 0.25) is 5.91 Å². The summed E-state index contributed by atoms with van der Waals surface area (Å²) in [6, 6.07) is -1.06. The Morgan fingerprint density at radius 1 is 0.506 bits per heavy atom. The lowest BCUT2D eigenvalue weighted by Gasteiger charge is -2.41. The molecule has 1 rings (SSSR count). The van der Waals surface area contributed by atoms with E-state index in [-0.39, 0.29) is 19.4 Å². The predicted molar refractivity (Wildman–Crippen MR) is 329 cm³/mol. The molecule has 1 saturated heterocycles. The third-order valence-corrected chi connectivity index (χ3v) is 14.9. The van der Waals surface area contributed by atoms with Gasteiger partial charge in [0.1, 0.15) is 24.4 Å². The van der Waals surface area contributed by atoms with E-state index in [1.54, 1.807) is 6.08 Å². The number of amides is 1. The summed E-state index contributed by atoms with van der Waals surface area (Å²) in [5.74, 6) is -1.27. The molecule has 11 nitrogen and oxygen atoms in total. The first-order chi connectivity index (χ1) is 38.7. The van der Waals surface area contributed by atoms with Gasteiger partial charge in [-0.3, -0.25) is 9.59 Å². The number of hydrogen-bond acceptors (Lipinski definition) is 10. The normalized spacial score (nSPS) is 19.4. The molecular formula is C68H119NO10. The minimum Gasteiger partial charge on any atom is -0.454 e. The number of ether oxygens (including phenoxy) is 3. The van der Waals surface area contributed by atoms with E-state index in [9.17, 15) is 35.1 Å². The van der Waals surface area contributed by atoms with Crippen molar-refractivity contribution >= 4 is 11.9 Å². The zero-order valence-corrected chi connectivity index (χ0v) is 50.5. The van der Waals surface area contributed by atoms with E-state index in [0.717, 1.165) is 51.4 Å². The van der Waals surface area contributed by atoms with Gasteiger partial charge in [-0.05, 0) is 64.2 Å². The van der Waals surface area contributed by atoms with Gasteiger partial charge >= 0.3 is 5.97 Å². The highest BCUT2D eigenvalue weighted by Gasteiger charge is 2.47. The van der Waals surface area contributed by atoms with E-state index in [2.05, 4.69) is 44.3 Å². The highest BCUT2D eigenvalue weighted by atomic mass is 16.7. The van der Waals surface area contributed by atoms with Crippen molar-refractivity contribution in [2.24, 2.45) is 0 Å². The van der Waals surface area contributed by atoms with Crippen LogP contribution in [0.25, 0.3) is 0 Å². The number of allylic oxidation sites excluding steroid dienone is 13. The number of aliphatic hydroxyl groups excluding tert-OH is 5.